The predicted molar refractivity (Wildman–Crippen MR) is 442 cm³/mol. The molecule has 116 heavy (non-hydrogen) atoms. The minimum absolute atomic E-state index is 0.0272. The van der Waals surface area contributed by atoms with Crippen molar-refractivity contribution in [3.63, 3.8) is 0 Å². The van der Waals surface area contributed by atoms with Gasteiger partial charge in [0.1, 0.15) is 34.2 Å². The van der Waals surface area contributed by atoms with E-state index >= 15 is 0 Å². The number of halogens is 1. The van der Waals surface area contributed by atoms with Crippen LogP contribution in [0.2, 0.25) is 5.02 Å². The summed E-state index contributed by atoms with van der Waals surface area (Å²) in [5.41, 5.74) is 15.3. The third-order valence-corrected chi connectivity index (χ3v) is 24.9. The second kappa shape index (κ2) is 41.9. The summed E-state index contributed by atoms with van der Waals surface area (Å²) in [6, 6.07) is 26.3. The lowest BCUT2D eigenvalue weighted by Crippen LogP contribution is -2.51. The molecule has 0 unspecified atom stereocenters. The number of fused-ring (bicyclic) bond motifs is 4. The summed E-state index contributed by atoms with van der Waals surface area (Å²) >= 11 is 7.66. The minimum Gasteiger partial charge on any atom is -0.493 e. The van der Waals surface area contributed by atoms with Gasteiger partial charge in [-0.15, -0.1) is 11.3 Å². The number of nitrogens with two attached hydrogens (primary N) is 2. The smallest absolute Gasteiger partial charge is 0.410 e. The molecule has 0 radical (unpaired) electrons. The molecule has 28 heteroatoms. The Morgan fingerprint density at radius 2 is 0.948 bits per heavy atom. The van der Waals surface area contributed by atoms with Gasteiger partial charge in [-0.2, -0.15) is 0 Å². The molecule has 0 aliphatic carbocycles. The molecule has 6 amide bonds. The molecule has 4 aromatic carbocycles. The number of nitrogens with one attached hydrogen (secondary N) is 5. The van der Waals surface area contributed by atoms with Gasteiger partial charge in [0.25, 0.3) is 0 Å². The van der Waals surface area contributed by atoms with E-state index in [2.05, 4.69) is 26.6 Å². The zero-order valence-electron chi connectivity index (χ0n) is 68.5. The standard InChI is InChI=1S/C38H47ClN4O6S.C29H43N3O6.C21H31N3O4/c1-2-27(44)19-25(20-35-41-31-8-7-26(39)21-34(31)50-35)37(46)43-36(24-11-16-48-17-12-24)32(45)22-29(23-9-14-40-15-10-23)38(47)42-30-13-18-49-33-6-4-3-5-28(30)33;1-29(2,3)38-28(35)32-13-8-19(9-14-32)22(18-24(33)26(30)20-10-15-36-16-11-20)27(34)31-23-12-17-37-25-7-5-4-6-21(23)25;1-21(2,3)28-20(26)24-11-8-14(9-12-24)18(22)19(25)23-16-10-13-27-17-7-5-4-6-15(16)17/h3-8,21,23-25,29-30,36,40H,2,9-20,22H2,1H3,(H,42,47)(H,43,46);4-7,19-20,22-23,26H,8-18,30H2,1-3H3,(H,31,34);4-7,14,16,18H,8-13,22H2,1-3H3,(H,23,25)/t25-,29-,30+,36-;22-,23+,26-;16-,18+/m001/s1. The summed E-state index contributed by atoms with van der Waals surface area (Å²) in [4.78, 5) is 128. The van der Waals surface area contributed by atoms with Crippen LogP contribution in [0, 0.1) is 47.3 Å². The molecule has 0 bridgehead atoms. The van der Waals surface area contributed by atoms with Crippen LogP contribution in [0.4, 0.5) is 9.59 Å². The Morgan fingerprint density at radius 1 is 0.517 bits per heavy atom. The SMILES string of the molecule is CC(C)(C)OC(=O)N1CCC([C@H](CC(=O)[C@@H](N)C2CCOCC2)C(=O)N[C@@H]2CCOc3ccccc32)CC1.CC(C)(C)OC(=O)N1CCC([C@H](N)C(=O)N[C@@H]2CCOc3ccccc32)CC1.CCC(=O)C[C@@H](Cc1nc2ccc(Cl)cc2s1)C(=O)N[C@H](C(=O)C[C@H](C(=O)N[C@@H]1CCOc2ccccc21)C1CCNCC1)C1CCOCC1. The van der Waals surface area contributed by atoms with E-state index in [1.165, 1.54) is 11.3 Å². The number of para-hydroxylation sites is 3. The number of ether oxygens (including phenoxy) is 7. The first-order chi connectivity index (χ1) is 55.6. The fourth-order valence-corrected chi connectivity index (χ4v) is 18.3. The molecule has 0 spiro atoms. The Balaban J connectivity index is 0.000000178. The lowest BCUT2D eigenvalue weighted by atomic mass is 9.78. The molecule has 9 atom stereocenters. The largest absolute Gasteiger partial charge is 0.493 e. The number of ketones is 3. The highest BCUT2D eigenvalue weighted by atomic mass is 35.5. The van der Waals surface area contributed by atoms with Gasteiger partial charge < -0.3 is 81.0 Å². The lowest BCUT2D eigenvalue weighted by Gasteiger charge is -2.37. The first-order valence-corrected chi connectivity index (χ1v) is 43.2. The van der Waals surface area contributed by atoms with Crippen LogP contribution < -0.4 is 52.3 Å². The van der Waals surface area contributed by atoms with Crippen molar-refractivity contribution in [3.8, 4) is 17.2 Å². The number of Topliss-reactive ketones (excluding diaryl/α,β-unsaturated/α-hetero) is 3. The topological polar surface area (TPSA) is 350 Å². The van der Waals surface area contributed by atoms with Crippen molar-refractivity contribution in [3.05, 3.63) is 118 Å². The van der Waals surface area contributed by atoms with Gasteiger partial charge in [-0.3, -0.25) is 33.6 Å². The van der Waals surface area contributed by atoms with E-state index in [0.29, 0.717) is 135 Å². The monoisotopic (exact) mass is 1640 g/mol. The minimum atomic E-state index is -0.791. The number of carbonyl (C=O) groups is 9. The molecular weight excluding hydrogens is 1520 g/mol. The predicted octanol–water partition coefficient (Wildman–Crippen LogP) is 11.8. The van der Waals surface area contributed by atoms with Crippen molar-refractivity contribution in [2.45, 2.75) is 211 Å². The lowest BCUT2D eigenvalue weighted by molar-refractivity contribution is -0.136. The van der Waals surface area contributed by atoms with Crippen molar-refractivity contribution in [2.75, 3.05) is 85.5 Å². The third kappa shape index (κ3) is 24.9. The van der Waals surface area contributed by atoms with E-state index in [1.807, 2.05) is 126 Å². The van der Waals surface area contributed by atoms with Gasteiger partial charge in [-0.05, 0) is 185 Å². The molecule has 8 aliphatic rings. The summed E-state index contributed by atoms with van der Waals surface area (Å²) < 4.78 is 40.2. The van der Waals surface area contributed by atoms with E-state index in [0.717, 1.165) is 94.4 Å². The number of thiazole rings is 1. The molecule has 632 valence electrons. The molecule has 9 heterocycles. The number of amides is 6. The van der Waals surface area contributed by atoms with Crippen LogP contribution >= 0.6 is 22.9 Å². The summed E-state index contributed by atoms with van der Waals surface area (Å²) in [5.74, 6) is -0.357. The van der Waals surface area contributed by atoms with Crippen molar-refractivity contribution in [2.24, 2.45) is 58.8 Å². The van der Waals surface area contributed by atoms with Gasteiger partial charge in [0, 0.05) is 138 Å². The van der Waals surface area contributed by atoms with Gasteiger partial charge in [0.2, 0.25) is 23.6 Å². The number of nitrogens with zero attached hydrogens (tertiary/aromatic N) is 3. The Bertz CT molecular complexity index is 4160. The molecule has 1 aromatic heterocycles. The second-order valence-electron chi connectivity index (χ2n) is 34.1. The highest BCUT2D eigenvalue weighted by Gasteiger charge is 2.43. The highest BCUT2D eigenvalue weighted by molar-refractivity contribution is 7.18. The molecule has 26 nitrogen and oxygen atoms in total. The number of benzene rings is 4. The van der Waals surface area contributed by atoms with Crippen molar-refractivity contribution < 1.29 is 76.3 Å². The van der Waals surface area contributed by atoms with E-state index < -0.39 is 47.1 Å². The highest BCUT2D eigenvalue weighted by Crippen LogP contribution is 2.39. The molecule has 8 aliphatic heterocycles. The Labute approximate surface area is 691 Å². The van der Waals surface area contributed by atoms with Crippen LogP contribution in [-0.4, -0.2) is 183 Å². The molecule has 5 aromatic rings. The number of likely N-dealkylation sites (tertiary alicyclic amines) is 2. The van der Waals surface area contributed by atoms with Gasteiger partial charge in [0.15, 0.2) is 11.6 Å². The quantitative estimate of drug-likeness (QED) is 0.0302. The maximum absolute atomic E-state index is 14.5. The number of hydrogen-bond donors (Lipinski definition) is 7. The maximum Gasteiger partial charge on any atom is 0.410 e. The van der Waals surface area contributed by atoms with E-state index in [1.54, 1.807) is 22.8 Å². The number of rotatable bonds is 24. The number of carbonyl (C=O) groups excluding carboxylic acids is 9. The number of aromatic nitrogens is 1. The Kier molecular flexibility index (Phi) is 32.0. The average molecular weight is 1640 g/mol. The van der Waals surface area contributed by atoms with E-state index in [-0.39, 0.29) is 127 Å². The fraction of sp³-hybridized carbons (Fsp3) is 0.614. The third-order valence-electron chi connectivity index (χ3n) is 23.6. The number of piperidine rings is 3. The zero-order chi connectivity index (χ0) is 82.6. The fourth-order valence-electron chi connectivity index (χ4n) is 17.0. The molecule has 9 N–H and O–H groups in total. The van der Waals surface area contributed by atoms with Crippen LogP contribution in [0.15, 0.2) is 91.0 Å². The van der Waals surface area contributed by atoms with E-state index in [4.69, 9.17) is 61.2 Å². The Hall–Kier alpha value is -8.31. The molecule has 5 saturated heterocycles. The maximum atomic E-state index is 14.5. The second-order valence-corrected chi connectivity index (χ2v) is 35.7. The van der Waals surface area contributed by atoms with Crippen LogP contribution in [0.25, 0.3) is 10.2 Å². The average Bonchev–Trinajstić information content (AvgIpc) is 1.69. The van der Waals surface area contributed by atoms with Crippen molar-refractivity contribution >= 4 is 86.3 Å². The first kappa shape index (κ1) is 88.5. The van der Waals surface area contributed by atoms with Crippen molar-refractivity contribution in [1.29, 1.82) is 0 Å². The summed E-state index contributed by atoms with van der Waals surface area (Å²) in [5, 5.41) is 17.4. The van der Waals surface area contributed by atoms with Gasteiger partial charge in [0.05, 0.1) is 77.2 Å². The molecule has 5 fully saturated rings. The molecule has 13 rings (SSSR count). The van der Waals surface area contributed by atoms with Gasteiger partial charge >= 0.3 is 12.2 Å². The molecule has 0 saturated carbocycles. The van der Waals surface area contributed by atoms with Crippen LogP contribution in [-0.2, 0) is 58.9 Å². The van der Waals surface area contributed by atoms with Gasteiger partial charge in [-0.25, -0.2) is 14.6 Å². The summed E-state index contributed by atoms with van der Waals surface area (Å²) in [7, 11) is 0. The normalized spacial score (nSPS) is 21.2. The van der Waals surface area contributed by atoms with Crippen LogP contribution in [0.3, 0.4) is 0 Å². The Morgan fingerprint density at radius 3 is 1.42 bits per heavy atom. The number of hydrogen-bond acceptors (Lipinski definition) is 21. The van der Waals surface area contributed by atoms with Gasteiger partial charge in [-0.1, -0.05) is 73.1 Å². The van der Waals surface area contributed by atoms with Crippen LogP contribution in [0.5, 0.6) is 17.2 Å². The first-order valence-electron chi connectivity index (χ1n) is 42.0. The van der Waals surface area contributed by atoms with Crippen molar-refractivity contribution in [1.82, 2.24) is 41.4 Å². The molecular formula is C88H121ClN10O16S. The zero-order valence-corrected chi connectivity index (χ0v) is 70.1. The summed E-state index contributed by atoms with van der Waals surface area (Å²) in [6.07, 6.45) is 9.16. The van der Waals surface area contributed by atoms with E-state index in [9.17, 15) is 43.2 Å². The summed E-state index contributed by atoms with van der Waals surface area (Å²) in [6.45, 7) is 20.4. The van der Waals surface area contributed by atoms with Crippen LogP contribution in [0.1, 0.15) is 197 Å².